The van der Waals surface area contributed by atoms with Crippen LogP contribution < -0.4 is 4.74 Å². The Bertz CT molecular complexity index is 796. The van der Waals surface area contributed by atoms with E-state index in [1.165, 1.54) is 13.3 Å². The van der Waals surface area contributed by atoms with Crippen LogP contribution in [0.15, 0.2) is 35.2 Å². The van der Waals surface area contributed by atoms with E-state index in [0.29, 0.717) is 22.2 Å². The number of benzene rings is 1. The highest BCUT2D eigenvalue weighted by Crippen LogP contribution is 2.35. The number of pyridine rings is 1. The molecule has 3 aromatic rings. The summed E-state index contributed by atoms with van der Waals surface area (Å²) in [4.78, 5) is 4.23. The fourth-order valence-electron chi connectivity index (χ4n) is 2.38. The van der Waals surface area contributed by atoms with Crippen LogP contribution >= 0.6 is 0 Å². The lowest BCUT2D eigenvalue weighted by atomic mass is 9.97. The lowest BCUT2D eigenvalue weighted by Gasteiger charge is -2.10. The van der Waals surface area contributed by atoms with Crippen molar-refractivity contribution in [3.63, 3.8) is 0 Å². The van der Waals surface area contributed by atoms with E-state index in [4.69, 9.17) is 9.26 Å². The van der Waals surface area contributed by atoms with E-state index in [2.05, 4.69) is 10.1 Å². The van der Waals surface area contributed by atoms with Gasteiger partial charge in [0.15, 0.2) is 11.6 Å². The zero-order chi connectivity index (χ0) is 15.0. The molecule has 0 atom stereocenters. The molecule has 2 aromatic heterocycles. The van der Waals surface area contributed by atoms with Crippen molar-refractivity contribution < 1.29 is 13.7 Å². The number of hydrogen-bond acceptors (Lipinski definition) is 4. The van der Waals surface area contributed by atoms with E-state index in [-0.39, 0.29) is 11.7 Å². The van der Waals surface area contributed by atoms with Gasteiger partial charge >= 0.3 is 0 Å². The molecule has 108 valence electrons. The summed E-state index contributed by atoms with van der Waals surface area (Å²) in [6, 6.07) is 5.40. The molecule has 0 N–H and O–H groups in total. The van der Waals surface area contributed by atoms with Crippen LogP contribution in [0.4, 0.5) is 4.39 Å². The largest absolute Gasteiger partial charge is 0.492 e. The molecule has 0 fully saturated rings. The Kier molecular flexibility index (Phi) is 3.33. The molecular weight excluding hydrogens is 271 g/mol. The van der Waals surface area contributed by atoms with Gasteiger partial charge in [-0.05, 0) is 12.0 Å². The van der Waals surface area contributed by atoms with Crippen molar-refractivity contribution >= 4 is 10.9 Å². The highest BCUT2D eigenvalue weighted by Gasteiger charge is 2.19. The van der Waals surface area contributed by atoms with E-state index in [0.717, 1.165) is 5.56 Å². The minimum atomic E-state index is -0.434. The fourth-order valence-corrected chi connectivity index (χ4v) is 2.38. The summed E-state index contributed by atoms with van der Waals surface area (Å²) >= 11 is 0. The van der Waals surface area contributed by atoms with Gasteiger partial charge in [0.05, 0.1) is 18.8 Å². The van der Waals surface area contributed by atoms with Crippen LogP contribution in [0.2, 0.25) is 0 Å². The molecule has 3 rings (SSSR count). The lowest BCUT2D eigenvalue weighted by Crippen LogP contribution is -1.96. The topological polar surface area (TPSA) is 48.2 Å². The van der Waals surface area contributed by atoms with Gasteiger partial charge in [-0.15, -0.1) is 0 Å². The first kappa shape index (κ1) is 13.5. The zero-order valence-corrected chi connectivity index (χ0v) is 12.1. The van der Waals surface area contributed by atoms with E-state index in [1.807, 2.05) is 26.0 Å². The molecule has 4 nitrogen and oxygen atoms in total. The second kappa shape index (κ2) is 5.16. The summed E-state index contributed by atoms with van der Waals surface area (Å²) in [7, 11) is 1.42. The predicted octanol–water partition coefficient (Wildman–Crippen LogP) is 4.16. The number of methoxy groups -OCH3 is 1. The van der Waals surface area contributed by atoms with E-state index in [9.17, 15) is 4.39 Å². The van der Waals surface area contributed by atoms with Gasteiger partial charge in [-0.25, -0.2) is 4.39 Å². The first-order chi connectivity index (χ1) is 10.1. The maximum atomic E-state index is 14.6. The summed E-state index contributed by atoms with van der Waals surface area (Å²) in [5, 5.41) is 4.44. The average Bonchev–Trinajstić information content (AvgIpc) is 2.96. The molecule has 0 saturated heterocycles. The molecule has 1 aromatic carbocycles. The Hall–Kier alpha value is -2.43. The number of rotatable bonds is 3. The molecule has 0 radical (unpaired) electrons. The standard InChI is InChI=1S/C16H15FN2O2/c1-9(2)11-8-21-19-16(11)10-5-4-6-12-14(10)15(17)13(20-3)7-18-12/h4-9H,1-3H3. The summed E-state index contributed by atoms with van der Waals surface area (Å²) in [5.41, 5.74) is 2.80. The molecule has 0 bridgehead atoms. The molecule has 0 aliphatic heterocycles. The van der Waals surface area contributed by atoms with Crippen molar-refractivity contribution in [1.82, 2.24) is 10.1 Å². The molecule has 21 heavy (non-hydrogen) atoms. The van der Waals surface area contributed by atoms with Crippen molar-refractivity contribution in [2.75, 3.05) is 7.11 Å². The van der Waals surface area contributed by atoms with Crippen molar-refractivity contribution in [2.24, 2.45) is 0 Å². The number of hydrogen-bond donors (Lipinski definition) is 0. The van der Waals surface area contributed by atoms with Gasteiger partial charge in [-0.2, -0.15) is 0 Å². The van der Waals surface area contributed by atoms with Crippen LogP contribution in [-0.4, -0.2) is 17.3 Å². The minimum Gasteiger partial charge on any atom is -0.492 e. The Balaban J connectivity index is 2.35. The van der Waals surface area contributed by atoms with Gasteiger partial charge in [0, 0.05) is 16.5 Å². The maximum Gasteiger partial charge on any atom is 0.176 e. The van der Waals surface area contributed by atoms with Crippen LogP contribution in [0.1, 0.15) is 25.3 Å². The van der Waals surface area contributed by atoms with Crippen molar-refractivity contribution in [1.29, 1.82) is 0 Å². The summed E-state index contributed by atoms with van der Waals surface area (Å²) in [5.74, 6) is -0.0940. The fraction of sp³-hybridized carbons (Fsp3) is 0.250. The Morgan fingerprint density at radius 2 is 2.10 bits per heavy atom. The maximum absolute atomic E-state index is 14.6. The van der Waals surface area contributed by atoms with Gasteiger partial charge in [0.25, 0.3) is 0 Å². The summed E-state index contributed by atoms with van der Waals surface area (Å²) in [6.45, 7) is 4.08. The van der Waals surface area contributed by atoms with Gasteiger partial charge in [0.2, 0.25) is 0 Å². The highest BCUT2D eigenvalue weighted by molar-refractivity contribution is 5.95. The van der Waals surface area contributed by atoms with E-state index in [1.54, 1.807) is 12.3 Å². The van der Waals surface area contributed by atoms with Gasteiger partial charge in [-0.1, -0.05) is 31.1 Å². The summed E-state index contributed by atoms with van der Waals surface area (Å²) in [6.07, 6.45) is 2.98. The second-order valence-electron chi connectivity index (χ2n) is 5.11. The van der Waals surface area contributed by atoms with Crippen molar-refractivity contribution in [3.8, 4) is 17.0 Å². The molecule has 0 amide bonds. The number of fused-ring (bicyclic) bond motifs is 1. The Morgan fingerprint density at radius 1 is 1.29 bits per heavy atom. The third-order valence-electron chi connectivity index (χ3n) is 3.49. The Morgan fingerprint density at radius 3 is 2.81 bits per heavy atom. The third kappa shape index (κ3) is 2.14. The summed E-state index contributed by atoms with van der Waals surface area (Å²) < 4.78 is 24.7. The number of ether oxygens (including phenoxy) is 1. The molecule has 0 unspecified atom stereocenters. The molecule has 0 aliphatic rings. The zero-order valence-electron chi connectivity index (χ0n) is 12.1. The van der Waals surface area contributed by atoms with Crippen LogP contribution in [0.3, 0.4) is 0 Å². The first-order valence-corrected chi connectivity index (χ1v) is 6.69. The lowest BCUT2D eigenvalue weighted by molar-refractivity contribution is 0.387. The van der Waals surface area contributed by atoms with Crippen molar-refractivity contribution in [3.05, 3.63) is 42.0 Å². The highest BCUT2D eigenvalue weighted by atomic mass is 19.1. The second-order valence-corrected chi connectivity index (χ2v) is 5.11. The predicted molar refractivity (Wildman–Crippen MR) is 77.8 cm³/mol. The smallest absolute Gasteiger partial charge is 0.176 e. The SMILES string of the molecule is COc1cnc2cccc(-c3nocc3C(C)C)c2c1F. The van der Waals surface area contributed by atoms with E-state index < -0.39 is 5.82 Å². The van der Waals surface area contributed by atoms with Gasteiger partial charge < -0.3 is 9.26 Å². The van der Waals surface area contributed by atoms with Crippen LogP contribution in [0, 0.1) is 5.82 Å². The van der Waals surface area contributed by atoms with Crippen LogP contribution in [-0.2, 0) is 0 Å². The normalized spacial score (nSPS) is 11.3. The van der Waals surface area contributed by atoms with Gasteiger partial charge in [-0.3, -0.25) is 4.98 Å². The monoisotopic (exact) mass is 286 g/mol. The van der Waals surface area contributed by atoms with Gasteiger partial charge in [0.1, 0.15) is 12.0 Å². The molecule has 0 saturated carbocycles. The van der Waals surface area contributed by atoms with Crippen LogP contribution in [0.25, 0.3) is 22.2 Å². The van der Waals surface area contributed by atoms with Crippen LogP contribution in [0.5, 0.6) is 5.75 Å². The number of aromatic nitrogens is 2. The molecule has 5 heteroatoms. The Labute approximate surface area is 121 Å². The third-order valence-corrected chi connectivity index (χ3v) is 3.49. The number of nitrogens with zero attached hydrogens (tertiary/aromatic N) is 2. The average molecular weight is 286 g/mol. The number of halogens is 1. The quantitative estimate of drug-likeness (QED) is 0.725. The van der Waals surface area contributed by atoms with E-state index >= 15 is 0 Å². The first-order valence-electron chi connectivity index (χ1n) is 6.69. The molecule has 0 spiro atoms. The van der Waals surface area contributed by atoms with Crippen molar-refractivity contribution in [2.45, 2.75) is 19.8 Å². The molecule has 0 aliphatic carbocycles. The molecular formula is C16H15FN2O2. The molecule has 2 heterocycles. The minimum absolute atomic E-state index is 0.115.